The fourth-order valence-electron chi connectivity index (χ4n) is 2.01. The number of carbonyl (C=O) groups is 1. The molecule has 0 bridgehead atoms. The summed E-state index contributed by atoms with van der Waals surface area (Å²) in [4.78, 5) is 16.2. The molecule has 120 valence electrons. The van der Waals surface area contributed by atoms with Gasteiger partial charge >= 0.3 is 0 Å². The number of hydrogen-bond acceptors (Lipinski definition) is 3. The summed E-state index contributed by atoms with van der Waals surface area (Å²) in [5.41, 5.74) is 0. The first kappa shape index (κ1) is 20.3. The van der Waals surface area contributed by atoms with Gasteiger partial charge in [0.15, 0.2) is 0 Å². The highest BCUT2D eigenvalue weighted by Crippen LogP contribution is 2.15. The summed E-state index contributed by atoms with van der Waals surface area (Å²) in [6.45, 7) is 5.03. The van der Waals surface area contributed by atoms with Gasteiger partial charge in [0.25, 0.3) is 0 Å². The van der Waals surface area contributed by atoms with Crippen LogP contribution in [-0.2, 0) is 4.79 Å². The van der Waals surface area contributed by atoms with Crippen LogP contribution >= 0.6 is 24.2 Å². The largest absolute Gasteiger partial charge is 0.356 e. The first-order valence-electron chi connectivity index (χ1n) is 7.59. The predicted octanol–water partition coefficient (Wildman–Crippen LogP) is 4.32. The Morgan fingerprint density at radius 2 is 2.14 bits per heavy atom. The lowest BCUT2D eigenvalue weighted by Gasteiger charge is -2.14. The third kappa shape index (κ3) is 8.99. The lowest BCUT2D eigenvalue weighted by Crippen LogP contribution is -2.31. The Balaban J connectivity index is 0.00000400. The zero-order chi connectivity index (χ0) is 14.6. The molecule has 5 heteroatoms. The van der Waals surface area contributed by atoms with Crippen LogP contribution in [0.3, 0.4) is 0 Å². The Hall–Kier alpha value is -0.740. The quantitative estimate of drug-likeness (QED) is 0.513. The number of thioether (sulfide) groups is 1. The van der Waals surface area contributed by atoms with Crippen molar-refractivity contribution < 1.29 is 4.79 Å². The normalized spacial score (nSPS) is 11.5. The molecular formula is C16H27ClN2OS. The van der Waals surface area contributed by atoms with Crippen molar-refractivity contribution in [2.75, 3.05) is 12.3 Å². The maximum atomic E-state index is 12.0. The Morgan fingerprint density at radius 3 is 2.76 bits per heavy atom. The molecule has 1 atom stereocenters. The van der Waals surface area contributed by atoms with Gasteiger partial charge in [-0.2, -0.15) is 0 Å². The van der Waals surface area contributed by atoms with Crippen molar-refractivity contribution in [3.05, 3.63) is 24.4 Å². The average Bonchev–Trinajstić information content (AvgIpc) is 2.48. The minimum atomic E-state index is 0. The van der Waals surface area contributed by atoms with E-state index in [2.05, 4.69) is 24.1 Å². The maximum absolute atomic E-state index is 12.0. The van der Waals surface area contributed by atoms with Crippen molar-refractivity contribution in [1.29, 1.82) is 0 Å². The highest BCUT2D eigenvalue weighted by molar-refractivity contribution is 7.99. The van der Waals surface area contributed by atoms with Crippen LogP contribution in [0.2, 0.25) is 0 Å². The molecule has 3 nitrogen and oxygen atoms in total. The molecule has 1 aromatic rings. The molecule has 1 amide bonds. The van der Waals surface area contributed by atoms with E-state index < -0.39 is 0 Å². The zero-order valence-electron chi connectivity index (χ0n) is 13.0. The van der Waals surface area contributed by atoms with Crippen molar-refractivity contribution >= 4 is 30.1 Å². The summed E-state index contributed by atoms with van der Waals surface area (Å²) in [5, 5.41) is 4.11. The van der Waals surface area contributed by atoms with E-state index in [0.29, 0.717) is 0 Å². The highest BCUT2D eigenvalue weighted by atomic mass is 35.5. The molecule has 1 aromatic heterocycles. The van der Waals surface area contributed by atoms with Crippen LogP contribution in [0.15, 0.2) is 29.4 Å². The Kier molecular flexibility index (Phi) is 12.5. The smallest absolute Gasteiger partial charge is 0.223 e. The van der Waals surface area contributed by atoms with Crippen molar-refractivity contribution in [2.24, 2.45) is 5.92 Å². The Labute approximate surface area is 139 Å². The number of unbranched alkanes of at least 4 members (excludes halogenated alkanes) is 1. The molecule has 0 aliphatic heterocycles. The molecule has 1 unspecified atom stereocenters. The fraction of sp³-hybridized carbons (Fsp3) is 0.625. The fourth-order valence-corrected chi connectivity index (χ4v) is 2.82. The van der Waals surface area contributed by atoms with Crippen molar-refractivity contribution in [3.63, 3.8) is 0 Å². The number of pyridine rings is 1. The summed E-state index contributed by atoms with van der Waals surface area (Å²) in [7, 11) is 0. The topological polar surface area (TPSA) is 42.0 Å². The van der Waals surface area contributed by atoms with E-state index in [-0.39, 0.29) is 24.2 Å². The Bertz CT molecular complexity index is 376. The van der Waals surface area contributed by atoms with Gasteiger partial charge in [-0.3, -0.25) is 4.79 Å². The molecule has 0 aromatic carbocycles. The second-order valence-electron chi connectivity index (χ2n) is 4.91. The number of nitrogens with one attached hydrogen (secondary N) is 1. The molecular weight excluding hydrogens is 304 g/mol. The van der Waals surface area contributed by atoms with Crippen LogP contribution in [-0.4, -0.2) is 23.2 Å². The van der Waals surface area contributed by atoms with Crippen LogP contribution in [0.1, 0.15) is 46.0 Å². The molecule has 0 saturated heterocycles. The standard InChI is InChI=1S/C16H26N2OS.ClH/c1-3-5-9-14(4-2)16(19)18-12-8-13-20-15-10-6-7-11-17-15;/h6-7,10-11,14H,3-5,8-9,12-13H2,1-2H3,(H,18,19);1H. The molecule has 0 saturated carbocycles. The molecule has 0 fully saturated rings. The molecule has 1 N–H and O–H groups in total. The van der Waals surface area contributed by atoms with Crippen LogP contribution in [0.4, 0.5) is 0 Å². The second kappa shape index (κ2) is 13.0. The van der Waals surface area contributed by atoms with E-state index in [1.54, 1.807) is 11.8 Å². The maximum Gasteiger partial charge on any atom is 0.223 e. The van der Waals surface area contributed by atoms with Gasteiger partial charge in [-0.25, -0.2) is 4.98 Å². The average molecular weight is 331 g/mol. The summed E-state index contributed by atoms with van der Waals surface area (Å²) in [6.07, 6.45) is 7.04. The van der Waals surface area contributed by atoms with Crippen LogP contribution in [0.25, 0.3) is 0 Å². The van der Waals surface area contributed by atoms with Crippen LogP contribution < -0.4 is 5.32 Å². The predicted molar refractivity (Wildman–Crippen MR) is 93.1 cm³/mol. The molecule has 1 rings (SSSR count). The number of halogens is 1. The lowest BCUT2D eigenvalue weighted by molar-refractivity contribution is -0.125. The molecule has 0 spiro atoms. The molecule has 1 heterocycles. The van der Waals surface area contributed by atoms with E-state index >= 15 is 0 Å². The number of nitrogens with zero attached hydrogens (tertiary/aromatic N) is 1. The van der Waals surface area contributed by atoms with Crippen molar-refractivity contribution in [2.45, 2.75) is 51.0 Å². The first-order chi connectivity index (χ1) is 9.77. The Morgan fingerprint density at radius 1 is 1.33 bits per heavy atom. The van der Waals surface area contributed by atoms with Crippen molar-refractivity contribution in [3.8, 4) is 0 Å². The highest BCUT2D eigenvalue weighted by Gasteiger charge is 2.14. The lowest BCUT2D eigenvalue weighted by atomic mass is 9.98. The summed E-state index contributed by atoms with van der Waals surface area (Å²) < 4.78 is 0. The first-order valence-corrected chi connectivity index (χ1v) is 8.58. The summed E-state index contributed by atoms with van der Waals surface area (Å²) in [5.74, 6) is 1.41. The number of rotatable bonds is 10. The van der Waals surface area contributed by atoms with Gasteiger partial charge in [0.2, 0.25) is 5.91 Å². The van der Waals surface area contributed by atoms with Gasteiger partial charge in [0, 0.05) is 24.4 Å². The van der Waals surface area contributed by atoms with Gasteiger partial charge in [-0.15, -0.1) is 24.2 Å². The number of aromatic nitrogens is 1. The van der Waals surface area contributed by atoms with Gasteiger partial charge in [-0.05, 0) is 31.4 Å². The number of amides is 1. The van der Waals surface area contributed by atoms with Gasteiger partial charge in [-0.1, -0.05) is 32.8 Å². The minimum Gasteiger partial charge on any atom is -0.356 e. The molecule has 0 radical (unpaired) electrons. The zero-order valence-corrected chi connectivity index (χ0v) is 14.6. The van der Waals surface area contributed by atoms with E-state index in [1.165, 1.54) is 0 Å². The number of carbonyl (C=O) groups excluding carboxylic acids is 1. The van der Waals surface area contributed by atoms with Gasteiger partial charge in [0.05, 0.1) is 5.03 Å². The van der Waals surface area contributed by atoms with E-state index in [9.17, 15) is 4.79 Å². The summed E-state index contributed by atoms with van der Waals surface area (Å²) in [6, 6.07) is 5.93. The molecule has 21 heavy (non-hydrogen) atoms. The SMILES string of the molecule is CCCCC(CC)C(=O)NCCCSc1ccccn1.Cl. The monoisotopic (exact) mass is 330 g/mol. The minimum absolute atomic E-state index is 0. The molecule has 0 aliphatic carbocycles. The second-order valence-corrected chi connectivity index (χ2v) is 6.02. The number of hydrogen-bond donors (Lipinski definition) is 1. The van der Waals surface area contributed by atoms with Crippen LogP contribution in [0, 0.1) is 5.92 Å². The van der Waals surface area contributed by atoms with Crippen LogP contribution in [0.5, 0.6) is 0 Å². The third-order valence-corrected chi connectivity index (χ3v) is 4.31. The van der Waals surface area contributed by atoms with Gasteiger partial charge < -0.3 is 5.32 Å². The third-order valence-electron chi connectivity index (χ3n) is 3.28. The van der Waals surface area contributed by atoms with Crippen molar-refractivity contribution in [1.82, 2.24) is 10.3 Å². The van der Waals surface area contributed by atoms with E-state index in [1.807, 2.05) is 24.4 Å². The van der Waals surface area contributed by atoms with Gasteiger partial charge in [0.1, 0.15) is 0 Å². The van der Waals surface area contributed by atoms with E-state index in [0.717, 1.165) is 49.4 Å². The van der Waals surface area contributed by atoms with E-state index in [4.69, 9.17) is 0 Å². The molecule has 0 aliphatic rings. The summed E-state index contributed by atoms with van der Waals surface area (Å²) >= 11 is 1.74.